The Kier molecular flexibility index (Phi) is 3.99. The number of fused-ring (bicyclic) bond motifs is 3. The third-order valence-corrected chi connectivity index (χ3v) is 7.26. The van der Waals surface area contributed by atoms with Crippen LogP contribution in [-0.4, -0.2) is 22.9 Å². The van der Waals surface area contributed by atoms with Crippen LogP contribution in [0.2, 0.25) is 0 Å². The zero-order valence-corrected chi connectivity index (χ0v) is 13.9. The Morgan fingerprint density at radius 2 is 1.95 bits per heavy atom. The van der Waals surface area contributed by atoms with Crippen LogP contribution in [0.3, 0.4) is 0 Å². The molecule has 5 atom stereocenters. The van der Waals surface area contributed by atoms with Crippen LogP contribution in [0.15, 0.2) is 11.6 Å². The molecular formula is C19H32O2. The highest BCUT2D eigenvalue weighted by atomic mass is 16.3. The van der Waals surface area contributed by atoms with E-state index < -0.39 is 0 Å². The summed E-state index contributed by atoms with van der Waals surface area (Å²) in [6.07, 6.45) is 10.2. The summed E-state index contributed by atoms with van der Waals surface area (Å²) in [4.78, 5) is 0. The molecule has 2 fully saturated rings. The highest BCUT2D eigenvalue weighted by molar-refractivity contribution is 5.13. The third-order valence-electron chi connectivity index (χ3n) is 7.26. The van der Waals surface area contributed by atoms with Crippen molar-refractivity contribution >= 4 is 0 Å². The predicted molar refractivity (Wildman–Crippen MR) is 85.9 cm³/mol. The summed E-state index contributed by atoms with van der Waals surface area (Å²) < 4.78 is 0. The molecule has 0 bridgehead atoms. The summed E-state index contributed by atoms with van der Waals surface area (Å²) in [5, 5.41) is 20.1. The smallest absolute Gasteiger partial charge is 0.0642 e. The average Bonchev–Trinajstić information content (AvgIpc) is 2.58. The number of hydrogen-bond acceptors (Lipinski definition) is 2. The minimum Gasteiger partial charge on any atom is -0.392 e. The van der Waals surface area contributed by atoms with Crippen LogP contribution in [0, 0.1) is 28.6 Å². The summed E-state index contributed by atoms with van der Waals surface area (Å²) in [7, 11) is 0. The predicted octanol–water partition coefficient (Wildman–Crippen LogP) is 3.92. The fourth-order valence-corrected chi connectivity index (χ4v) is 6.21. The summed E-state index contributed by atoms with van der Waals surface area (Å²) >= 11 is 0. The SMILES string of the molecule is CC1(C)CCCC2(C)C3CC=C(CO)CC(O)C3CCC12. The molecule has 0 saturated heterocycles. The molecule has 3 rings (SSSR count). The number of aliphatic hydroxyl groups is 2. The molecule has 120 valence electrons. The van der Waals surface area contributed by atoms with Gasteiger partial charge < -0.3 is 10.2 Å². The number of allylic oxidation sites excluding steroid dienone is 1. The Hall–Kier alpha value is -0.340. The van der Waals surface area contributed by atoms with Crippen molar-refractivity contribution in [1.29, 1.82) is 0 Å². The van der Waals surface area contributed by atoms with Crippen molar-refractivity contribution in [2.24, 2.45) is 28.6 Å². The van der Waals surface area contributed by atoms with E-state index >= 15 is 0 Å². The maximum Gasteiger partial charge on any atom is 0.0642 e. The van der Waals surface area contributed by atoms with Crippen molar-refractivity contribution in [3.63, 3.8) is 0 Å². The average molecular weight is 292 g/mol. The lowest BCUT2D eigenvalue weighted by Gasteiger charge is -2.59. The quantitative estimate of drug-likeness (QED) is 0.719. The molecule has 0 aromatic rings. The lowest BCUT2D eigenvalue weighted by molar-refractivity contribution is -0.118. The summed E-state index contributed by atoms with van der Waals surface area (Å²) in [6, 6.07) is 0. The molecule has 0 aliphatic heterocycles. The molecule has 3 aliphatic carbocycles. The van der Waals surface area contributed by atoms with E-state index in [9.17, 15) is 10.2 Å². The first kappa shape index (κ1) is 15.6. The monoisotopic (exact) mass is 292 g/mol. The fourth-order valence-electron chi connectivity index (χ4n) is 6.21. The minimum atomic E-state index is -0.251. The topological polar surface area (TPSA) is 40.5 Å². The first-order valence-corrected chi connectivity index (χ1v) is 8.85. The van der Waals surface area contributed by atoms with Gasteiger partial charge in [0.15, 0.2) is 0 Å². The van der Waals surface area contributed by atoms with Gasteiger partial charge >= 0.3 is 0 Å². The van der Waals surface area contributed by atoms with Crippen LogP contribution in [0.25, 0.3) is 0 Å². The largest absolute Gasteiger partial charge is 0.392 e. The van der Waals surface area contributed by atoms with Crippen LogP contribution in [-0.2, 0) is 0 Å². The van der Waals surface area contributed by atoms with Gasteiger partial charge in [-0.25, -0.2) is 0 Å². The molecule has 5 unspecified atom stereocenters. The fraction of sp³-hybridized carbons (Fsp3) is 0.895. The Balaban J connectivity index is 1.94. The van der Waals surface area contributed by atoms with Crippen LogP contribution < -0.4 is 0 Å². The van der Waals surface area contributed by atoms with Crippen molar-refractivity contribution in [3.05, 3.63) is 11.6 Å². The normalized spacial score (nSPS) is 46.0. The molecule has 2 nitrogen and oxygen atoms in total. The van der Waals surface area contributed by atoms with E-state index in [1.54, 1.807) is 0 Å². The molecular weight excluding hydrogens is 260 g/mol. The molecule has 3 aliphatic rings. The molecule has 0 aromatic carbocycles. The van der Waals surface area contributed by atoms with E-state index in [1.165, 1.54) is 32.1 Å². The first-order chi connectivity index (χ1) is 9.88. The second kappa shape index (κ2) is 5.38. The van der Waals surface area contributed by atoms with Gasteiger partial charge in [0, 0.05) is 0 Å². The Bertz CT molecular complexity index is 425. The zero-order chi connectivity index (χ0) is 15.3. The zero-order valence-electron chi connectivity index (χ0n) is 13.9. The third kappa shape index (κ3) is 2.49. The van der Waals surface area contributed by atoms with Gasteiger partial charge in [0.25, 0.3) is 0 Å². The summed E-state index contributed by atoms with van der Waals surface area (Å²) in [5.74, 6) is 1.81. The number of hydrogen-bond donors (Lipinski definition) is 2. The van der Waals surface area contributed by atoms with Gasteiger partial charge in [-0.05, 0) is 72.7 Å². The van der Waals surface area contributed by atoms with E-state index in [2.05, 4.69) is 26.8 Å². The highest BCUT2D eigenvalue weighted by Crippen LogP contribution is 2.63. The molecule has 0 spiro atoms. The van der Waals surface area contributed by atoms with Gasteiger partial charge in [-0.2, -0.15) is 0 Å². The Morgan fingerprint density at radius 1 is 1.19 bits per heavy atom. The van der Waals surface area contributed by atoms with E-state index in [-0.39, 0.29) is 12.7 Å². The van der Waals surface area contributed by atoms with Gasteiger partial charge in [0.2, 0.25) is 0 Å². The molecule has 2 saturated carbocycles. The van der Waals surface area contributed by atoms with Gasteiger partial charge in [-0.1, -0.05) is 33.3 Å². The van der Waals surface area contributed by atoms with Crippen LogP contribution in [0.4, 0.5) is 0 Å². The van der Waals surface area contributed by atoms with Gasteiger partial charge in [0.1, 0.15) is 0 Å². The van der Waals surface area contributed by atoms with Gasteiger partial charge in [0.05, 0.1) is 12.7 Å². The lowest BCUT2D eigenvalue weighted by Crippen LogP contribution is -2.53. The second-order valence-electron chi connectivity index (χ2n) is 8.78. The maximum atomic E-state index is 10.7. The van der Waals surface area contributed by atoms with Crippen LogP contribution in [0.1, 0.15) is 65.7 Å². The Morgan fingerprint density at radius 3 is 2.67 bits per heavy atom. The molecule has 2 heteroatoms. The molecule has 0 aromatic heterocycles. The van der Waals surface area contributed by atoms with Crippen molar-refractivity contribution < 1.29 is 10.2 Å². The molecule has 0 amide bonds. The summed E-state index contributed by atoms with van der Waals surface area (Å²) in [5.41, 5.74) is 1.86. The van der Waals surface area contributed by atoms with E-state index in [1.807, 2.05) is 0 Å². The van der Waals surface area contributed by atoms with Crippen molar-refractivity contribution in [1.82, 2.24) is 0 Å². The van der Waals surface area contributed by atoms with Gasteiger partial charge in [-0.3, -0.25) is 0 Å². The second-order valence-corrected chi connectivity index (χ2v) is 8.78. The van der Waals surface area contributed by atoms with E-state index in [0.29, 0.717) is 29.1 Å². The maximum absolute atomic E-state index is 10.7. The first-order valence-electron chi connectivity index (χ1n) is 8.85. The molecule has 0 heterocycles. The van der Waals surface area contributed by atoms with Crippen molar-refractivity contribution in [2.75, 3.05) is 6.61 Å². The molecule has 0 radical (unpaired) electrons. The molecule has 2 N–H and O–H groups in total. The highest BCUT2D eigenvalue weighted by Gasteiger charge is 2.55. The van der Waals surface area contributed by atoms with Crippen LogP contribution in [0.5, 0.6) is 0 Å². The van der Waals surface area contributed by atoms with Crippen molar-refractivity contribution in [2.45, 2.75) is 71.8 Å². The Labute approximate surface area is 129 Å². The van der Waals surface area contributed by atoms with Crippen LogP contribution >= 0.6 is 0 Å². The summed E-state index contributed by atoms with van der Waals surface area (Å²) in [6.45, 7) is 7.52. The van der Waals surface area contributed by atoms with E-state index in [4.69, 9.17) is 0 Å². The standard InChI is InChI=1S/C19H32O2/c1-18(2)9-4-10-19(3)15-7-5-13(12-20)11-16(21)14(15)6-8-17(18)19/h5,14-17,20-21H,4,6-12H2,1-3H3. The lowest BCUT2D eigenvalue weighted by atomic mass is 9.45. The molecule has 21 heavy (non-hydrogen) atoms. The number of rotatable bonds is 1. The van der Waals surface area contributed by atoms with Gasteiger partial charge in [-0.15, -0.1) is 0 Å². The number of aliphatic hydroxyl groups excluding tert-OH is 2. The van der Waals surface area contributed by atoms with E-state index in [0.717, 1.165) is 17.9 Å². The van der Waals surface area contributed by atoms with Crippen molar-refractivity contribution in [3.8, 4) is 0 Å². The minimum absolute atomic E-state index is 0.113.